The van der Waals surface area contributed by atoms with Crippen LogP contribution in [0.1, 0.15) is 24.2 Å². The highest BCUT2D eigenvalue weighted by Crippen LogP contribution is 2.13. The number of hydrogen-bond donors (Lipinski definition) is 0. The highest BCUT2D eigenvalue weighted by molar-refractivity contribution is 9.10. The van der Waals surface area contributed by atoms with Crippen molar-refractivity contribution in [3.8, 4) is 0 Å². The summed E-state index contributed by atoms with van der Waals surface area (Å²) in [5, 5.41) is 0. The highest BCUT2D eigenvalue weighted by atomic mass is 79.9. The lowest BCUT2D eigenvalue weighted by Crippen LogP contribution is -2.27. The van der Waals surface area contributed by atoms with Gasteiger partial charge in [-0.3, -0.25) is 4.79 Å². The van der Waals surface area contributed by atoms with Gasteiger partial charge in [0, 0.05) is 23.2 Å². The molecule has 0 saturated heterocycles. The zero-order valence-corrected chi connectivity index (χ0v) is 11.0. The van der Waals surface area contributed by atoms with E-state index in [0.29, 0.717) is 18.8 Å². The van der Waals surface area contributed by atoms with Crippen molar-refractivity contribution in [3.63, 3.8) is 0 Å². The van der Waals surface area contributed by atoms with Gasteiger partial charge in [-0.05, 0) is 26.0 Å². The first kappa shape index (κ1) is 13.4. The van der Waals surface area contributed by atoms with Crippen LogP contribution in [0.25, 0.3) is 0 Å². The fourth-order valence-corrected chi connectivity index (χ4v) is 1.52. The van der Waals surface area contributed by atoms with Gasteiger partial charge in [0.15, 0.2) is 0 Å². The average Bonchev–Trinajstić information content (AvgIpc) is 2.29. The maximum Gasteiger partial charge on any atom is 0.222 e. The minimum absolute atomic E-state index is 0.142. The van der Waals surface area contributed by atoms with E-state index in [1.54, 1.807) is 12.1 Å². The summed E-state index contributed by atoms with van der Waals surface area (Å²) in [5.41, 5.74) is 0.593. The number of Topliss-reactive ketones (excluding diaryl/α,β-unsaturated/α-hetero) is 1. The molecule has 0 spiro atoms. The molecule has 0 unspecified atom stereocenters. The number of ether oxygens (including phenoxy) is 2. The quantitative estimate of drug-likeness (QED) is 0.596. The van der Waals surface area contributed by atoms with Gasteiger partial charge in [0.1, 0.15) is 0 Å². The first-order valence-corrected chi connectivity index (χ1v) is 6.01. The van der Waals surface area contributed by atoms with Gasteiger partial charge in [-0.2, -0.15) is 0 Å². The Balaban J connectivity index is 2.77. The average molecular weight is 287 g/mol. The van der Waals surface area contributed by atoms with E-state index in [1.807, 2.05) is 26.0 Å². The summed E-state index contributed by atoms with van der Waals surface area (Å²) in [7, 11) is 0. The summed E-state index contributed by atoms with van der Waals surface area (Å²) < 4.78 is 11.4. The fraction of sp³-hybridized carbons (Fsp3) is 0.417. The molecule has 1 aromatic carbocycles. The molecule has 0 saturated carbocycles. The third-order valence-electron chi connectivity index (χ3n) is 1.98. The number of hydrogen-bond acceptors (Lipinski definition) is 3. The summed E-state index contributed by atoms with van der Waals surface area (Å²) in [4.78, 5) is 12.0. The highest BCUT2D eigenvalue weighted by Gasteiger charge is 2.20. The number of ketones is 1. The Morgan fingerprint density at radius 1 is 1.19 bits per heavy atom. The Labute approximate surface area is 104 Å². The SMILES string of the molecule is CCOC(OCC)C(=O)c1ccc(Br)cc1. The molecule has 0 fully saturated rings. The lowest BCUT2D eigenvalue weighted by atomic mass is 10.1. The minimum atomic E-state index is -0.795. The van der Waals surface area contributed by atoms with E-state index in [-0.39, 0.29) is 5.78 Å². The Morgan fingerprint density at radius 2 is 1.69 bits per heavy atom. The van der Waals surface area contributed by atoms with Crippen LogP contribution in [-0.4, -0.2) is 25.3 Å². The van der Waals surface area contributed by atoms with E-state index in [4.69, 9.17) is 9.47 Å². The molecule has 88 valence electrons. The molecule has 1 rings (SSSR count). The van der Waals surface area contributed by atoms with Crippen molar-refractivity contribution in [3.05, 3.63) is 34.3 Å². The van der Waals surface area contributed by atoms with Gasteiger partial charge in [-0.1, -0.05) is 28.1 Å². The second-order valence-electron chi connectivity index (χ2n) is 3.11. The van der Waals surface area contributed by atoms with Crippen LogP contribution < -0.4 is 0 Å². The maximum atomic E-state index is 12.0. The molecular formula is C12H15BrO3. The third-order valence-corrected chi connectivity index (χ3v) is 2.51. The zero-order chi connectivity index (χ0) is 12.0. The summed E-state index contributed by atoms with van der Waals surface area (Å²) in [6.07, 6.45) is -0.795. The molecular weight excluding hydrogens is 272 g/mol. The first-order chi connectivity index (χ1) is 7.69. The number of halogens is 1. The zero-order valence-electron chi connectivity index (χ0n) is 9.40. The van der Waals surface area contributed by atoms with Crippen LogP contribution in [0.2, 0.25) is 0 Å². The van der Waals surface area contributed by atoms with Crippen molar-refractivity contribution >= 4 is 21.7 Å². The molecule has 16 heavy (non-hydrogen) atoms. The largest absolute Gasteiger partial charge is 0.346 e. The van der Waals surface area contributed by atoms with Gasteiger partial charge in [0.2, 0.25) is 12.1 Å². The minimum Gasteiger partial charge on any atom is -0.346 e. The van der Waals surface area contributed by atoms with Crippen LogP contribution in [0.4, 0.5) is 0 Å². The smallest absolute Gasteiger partial charge is 0.222 e. The van der Waals surface area contributed by atoms with Gasteiger partial charge >= 0.3 is 0 Å². The van der Waals surface area contributed by atoms with Crippen LogP contribution in [-0.2, 0) is 9.47 Å². The summed E-state index contributed by atoms with van der Waals surface area (Å²) in [5.74, 6) is -0.142. The predicted molar refractivity (Wildman–Crippen MR) is 65.5 cm³/mol. The number of benzene rings is 1. The van der Waals surface area contributed by atoms with Crippen molar-refractivity contribution < 1.29 is 14.3 Å². The molecule has 0 bridgehead atoms. The molecule has 0 heterocycles. The molecule has 0 radical (unpaired) electrons. The van der Waals surface area contributed by atoms with Gasteiger partial charge in [0.05, 0.1) is 0 Å². The Kier molecular flexibility index (Phi) is 5.66. The molecule has 1 aromatic rings. The molecule has 0 aliphatic heterocycles. The molecule has 0 N–H and O–H groups in total. The van der Waals surface area contributed by atoms with Crippen LogP contribution in [0.15, 0.2) is 28.7 Å². The van der Waals surface area contributed by atoms with Gasteiger partial charge in [-0.15, -0.1) is 0 Å². The molecule has 0 amide bonds. The van der Waals surface area contributed by atoms with Crippen molar-refractivity contribution in [2.75, 3.05) is 13.2 Å². The normalized spacial score (nSPS) is 10.8. The number of rotatable bonds is 6. The molecule has 0 aromatic heterocycles. The molecule has 3 nitrogen and oxygen atoms in total. The van der Waals surface area contributed by atoms with E-state index >= 15 is 0 Å². The Bertz CT molecular complexity index is 329. The van der Waals surface area contributed by atoms with Crippen LogP contribution >= 0.6 is 15.9 Å². The van der Waals surface area contributed by atoms with E-state index in [2.05, 4.69) is 15.9 Å². The lowest BCUT2D eigenvalue weighted by molar-refractivity contribution is -0.107. The van der Waals surface area contributed by atoms with Crippen molar-refractivity contribution in [1.29, 1.82) is 0 Å². The molecule has 0 aliphatic rings. The number of carbonyl (C=O) groups excluding carboxylic acids is 1. The van der Waals surface area contributed by atoms with Crippen molar-refractivity contribution in [2.24, 2.45) is 0 Å². The summed E-state index contributed by atoms with van der Waals surface area (Å²) in [6.45, 7) is 4.57. The maximum absolute atomic E-state index is 12.0. The van der Waals surface area contributed by atoms with Crippen LogP contribution in [0, 0.1) is 0 Å². The lowest BCUT2D eigenvalue weighted by Gasteiger charge is -2.15. The fourth-order valence-electron chi connectivity index (χ4n) is 1.25. The topological polar surface area (TPSA) is 35.5 Å². The Hall–Kier alpha value is -0.710. The second-order valence-corrected chi connectivity index (χ2v) is 4.03. The molecule has 0 aliphatic carbocycles. The molecule has 0 atom stereocenters. The van der Waals surface area contributed by atoms with Crippen LogP contribution in [0.5, 0.6) is 0 Å². The summed E-state index contributed by atoms with van der Waals surface area (Å²) >= 11 is 3.32. The third kappa shape index (κ3) is 3.70. The predicted octanol–water partition coefficient (Wildman–Crippen LogP) is 3.03. The van der Waals surface area contributed by atoms with Gasteiger partial charge in [-0.25, -0.2) is 0 Å². The van der Waals surface area contributed by atoms with E-state index in [9.17, 15) is 4.79 Å². The van der Waals surface area contributed by atoms with Crippen molar-refractivity contribution in [1.82, 2.24) is 0 Å². The number of carbonyl (C=O) groups is 1. The van der Waals surface area contributed by atoms with E-state index in [0.717, 1.165) is 4.47 Å². The van der Waals surface area contributed by atoms with E-state index in [1.165, 1.54) is 0 Å². The van der Waals surface area contributed by atoms with Gasteiger partial charge in [0.25, 0.3) is 0 Å². The van der Waals surface area contributed by atoms with Crippen molar-refractivity contribution in [2.45, 2.75) is 20.1 Å². The second kappa shape index (κ2) is 6.78. The van der Waals surface area contributed by atoms with E-state index < -0.39 is 6.29 Å². The monoisotopic (exact) mass is 286 g/mol. The Morgan fingerprint density at radius 3 is 2.12 bits per heavy atom. The standard InChI is InChI=1S/C12H15BrO3/c1-3-15-12(16-4-2)11(14)9-5-7-10(13)8-6-9/h5-8,12H,3-4H2,1-2H3. The first-order valence-electron chi connectivity index (χ1n) is 5.22. The van der Waals surface area contributed by atoms with Gasteiger partial charge < -0.3 is 9.47 Å². The molecule has 4 heteroatoms. The van der Waals surface area contributed by atoms with Crippen LogP contribution in [0.3, 0.4) is 0 Å². The summed E-state index contributed by atoms with van der Waals surface area (Å²) in [6, 6.07) is 7.14.